The molecule has 0 spiro atoms. The minimum atomic E-state index is -3.73. The molecule has 1 aromatic carbocycles. The molecule has 0 unspecified atom stereocenters. The van der Waals surface area contributed by atoms with Gasteiger partial charge in [0.05, 0.1) is 12.8 Å². The van der Waals surface area contributed by atoms with E-state index in [2.05, 4.69) is 9.98 Å². The van der Waals surface area contributed by atoms with Crippen LogP contribution in [0, 0.1) is 5.82 Å². The zero-order valence-corrected chi connectivity index (χ0v) is 17.3. The topological polar surface area (TPSA) is 115 Å². The summed E-state index contributed by atoms with van der Waals surface area (Å²) in [6, 6.07) is 7.68. The molecule has 2 atom stereocenters. The highest BCUT2D eigenvalue weighted by molar-refractivity contribution is 7.90. The van der Waals surface area contributed by atoms with E-state index in [4.69, 9.17) is 10.5 Å². The highest BCUT2D eigenvalue weighted by Crippen LogP contribution is 2.45. The van der Waals surface area contributed by atoms with Gasteiger partial charge in [-0.2, -0.15) is 0 Å². The predicted molar refractivity (Wildman–Crippen MR) is 108 cm³/mol. The van der Waals surface area contributed by atoms with E-state index in [-0.39, 0.29) is 36.9 Å². The van der Waals surface area contributed by atoms with Crippen molar-refractivity contribution in [1.82, 2.24) is 9.29 Å². The number of aliphatic imine (C=N–C) groups is 1. The molecule has 0 fully saturated rings. The second kappa shape index (κ2) is 7.05. The van der Waals surface area contributed by atoms with E-state index in [1.165, 1.54) is 19.2 Å². The standard InChI is InChI=1S/C20H21FN4O4S/c1-20-14-9-12(10-16(26)15-5-4-13(21)11-23-15)3-6-17(14)29-8-7-18(20)30(27,28)25(2)19(22)24-20/h3-6,9,11,18H,7-8,10H2,1-2H3,(H2,22,24)/t18-,20+/m0/s1. The molecule has 1 aromatic heterocycles. The third-order valence-corrected chi connectivity index (χ3v) is 8.01. The van der Waals surface area contributed by atoms with Gasteiger partial charge in [-0.3, -0.25) is 9.78 Å². The number of halogens is 1. The van der Waals surface area contributed by atoms with Gasteiger partial charge in [-0.25, -0.2) is 22.1 Å². The minimum absolute atomic E-state index is 0.0124. The molecule has 2 N–H and O–H groups in total. The van der Waals surface area contributed by atoms with Crippen LogP contribution < -0.4 is 10.5 Å². The largest absolute Gasteiger partial charge is 0.493 e. The fourth-order valence-electron chi connectivity index (χ4n) is 3.96. The lowest BCUT2D eigenvalue weighted by atomic mass is 9.85. The number of hydrogen-bond donors (Lipinski definition) is 1. The number of aromatic nitrogens is 1. The number of ketones is 1. The molecule has 0 saturated heterocycles. The number of hydrogen-bond acceptors (Lipinski definition) is 7. The maximum atomic E-state index is 13.1. The normalized spacial score (nSPS) is 24.7. The third-order valence-electron chi connectivity index (χ3n) is 5.64. The Morgan fingerprint density at radius 3 is 2.83 bits per heavy atom. The number of carbonyl (C=O) groups is 1. The first-order valence-electron chi connectivity index (χ1n) is 9.37. The molecule has 2 aliphatic rings. The molecule has 0 radical (unpaired) electrons. The molecule has 3 heterocycles. The molecule has 0 aliphatic carbocycles. The Bertz CT molecular complexity index is 1150. The molecule has 8 nitrogen and oxygen atoms in total. The number of sulfonamides is 1. The van der Waals surface area contributed by atoms with Gasteiger partial charge in [0.1, 0.15) is 28.0 Å². The van der Waals surface area contributed by atoms with Crippen molar-refractivity contribution in [3.05, 3.63) is 59.2 Å². The highest BCUT2D eigenvalue weighted by atomic mass is 32.2. The van der Waals surface area contributed by atoms with Crippen LogP contribution in [0.3, 0.4) is 0 Å². The van der Waals surface area contributed by atoms with Crippen LogP contribution in [0.25, 0.3) is 0 Å². The van der Waals surface area contributed by atoms with E-state index in [0.717, 1.165) is 10.5 Å². The summed E-state index contributed by atoms with van der Waals surface area (Å²) in [4.78, 5) is 20.9. The van der Waals surface area contributed by atoms with Crippen LogP contribution in [0.2, 0.25) is 0 Å². The Labute approximate surface area is 173 Å². The molecule has 0 amide bonds. The number of Topliss-reactive ketones (excluding diaryl/α,β-unsaturated/α-hetero) is 1. The Hall–Kier alpha value is -3.01. The van der Waals surface area contributed by atoms with E-state index in [0.29, 0.717) is 16.9 Å². The number of benzene rings is 1. The Morgan fingerprint density at radius 2 is 2.13 bits per heavy atom. The average Bonchev–Trinajstić information content (AvgIpc) is 2.84. The summed E-state index contributed by atoms with van der Waals surface area (Å²) in [5.41, 5.74) is 6.11. The predicted octanol–water partition coefficient (Wildman–Crippen LogP) is 1.60. The van der Waals surface area contributed by atoms with E-state index in [9.17, 15) is 17.6 Å². The summed E-state index contributed by atoms with van der Waals surface area (Å²) in [5.74, 6) is -0.400. The number of fused-ring (bicyclic) bond motifs is 3. The average molecular weight is 432 g/mol. The summed E-state index contributed by atoms with van der Waals surface area (Å²) in [6.07, 6.45) is 1.26. The lowest BCUT2D eigenvalue weighted by molar-refractivity contribution is 0.0988. The first-order chi connectivity index (χ1) is 14.1. The molecule has 10 heteroatoms. The van der Waals surface area contributed by atoms with E-state index in [1.807, 2.05) is 0 Å². The van der Waals surface area contributed by atoms with Crippen LogP contribution in [0.1, 0.15) is 35.0 Å². The first kappa shape index (κ1) is 20.3. The van der Waals surface area contributed by atoms with E-state index >= 15 is 0 Å². The van der Waals surface area contributed by atoms with Gasteiger partial charge in [0.25, 0.3) is 0 Å². The van der Waals surface area contributed by atoms with Gasteiger partial charge in [-0.1, -0.05) is 6.07 Å². The summed E-state index contributed by atoms with van der Waals surface area (Å²) in [7, 11) is -2.35. The molecular formula is C20H21FN4O4S. The number of nitrogens with two attached hydrogens (primary N) is 1. The van der Waals surface area contributed by atoms with Gasteiger partial charge in [-0.15, -0.1) is 0 Å². The van der Waals surface area contributed by atoms with Gasteiger partial charge in [0.15, 0.2) is 5.78 Å². The smallest absolute Gasteiger partial charge is 0.242 e. The Kier molecular flexibility index (Phi) is 4.76. The molecule has 0 saturated carbocycles. The lowest BCUT2D eigenvalue weighted by Gasteiger charge is -2.40. The van der Waals surface area contributed by atoms with Gasteiger partial charge in [0.2, 0.25) is 16.0 Å². The summed E-state index contributed by atoms with van der Waals surface area (Å²) >= 11 is 0. The van der Waals surface area contributed by atoms with Crippen molar-refractivity contribution in [2.45, 2.75) is 30.6 Å². The molecule has 2 aliphatic heterocycles. The van der Waals surface area contributed by atoms with Crippen molar-refractivity contribution in [2.75, 3.05) is 13.7 Å². The number of pyridine rings is 1. The second-order valence-electron chi connectivity index (χ2n) is 7.55. The van der Waals surface area contributed by atoms with Crippen molar-refractivity contribution < 1.29 is 22.3 Å². The van der Waals surface area contributed by atoms with Crippen LogP contribution in [-0.2, 0) is 22.0 Å². The second-order valence-corrected chi connectivity index (χ2v) is 9.69. The van der Waals surface area contributed by atoms with Crippen LogP contribution in [0.5, 0.6) is 5.75 Å². The van der Waals surface area contributed by atoms with Gasteiger partial charge >= 0.3 is 0 Å². The Balaban J connectivity index is 1.76. The molecule has 4 rings (SSSR count). The maximum Gasteiger partial charge on any atom is 0.242 e. The van der Waals surface area contributed by atoms with Crippen LogP contribution >= 0.6 is 0 Å². The lowest BCUT2D eigenvalue weighted by Crippen LogP contribution is -2.56. The van der Waals surface area contributed by atoms with E-state index < -0.39 is 26.6 Å². The number of nitrogens with zero attached hydrogens (tertiary/aromatic N) is 3. The maximum absolute atomic E-state index is 13.1. The van der Waals surface area contributed by atoms with Crippen LogP contribution in [0.4, 0.5) is 4.39 Å². The quantitative estimate of drug-likeness (QED) is 0.737. The molecular weight excluding hydrogens is 411 g/mol. The van der Waals surface area contributed by atoms with Crippen molar-refractivity contribution in [3.8, 4) is 5.75 Å². The van der Waals surface area contributed by atoms with Gasteiger partial charge in [-0.05, 0) is 36.8 Å². The molecule has 30 heavy (non-hydrogen) atoms. The number of rotatable bonds is 3. The Morgan fingerprint density at radius 1 is 1.37 bits per heavy atom. The summed E-state index contributed by atoms with van der Waals surface area (Å²) < 4.78 is 45.9. The van der Waals surface area contributed by atoms with Gasteiger partial charge < -0.3 is 10.5 Å². The van der Waals surface area contributed by atoms with Crippen LogP contribution in [0.15, 0.2) is 41.5 Å². The summed E-state index contributed by atoms with van der Waals surface area (Å²) in [5, 5.41) is -0.853. The fourth-order valence-corrected chi connectivity index (χ4v) is 5.79. The van der Waals surface area contributed by atoms with E-state index in [1.54, 1.807) is 25.1 Å². The molecule has 158 valence electrons. The van der Waals surface area contributed by atoms with Crippen molar-refractivity contribution in [1.29, 1.82) is 0 Å². The summed E-state index contributed by atoms with van der Waals surface area (Å²) in [6.45, 7) is 1.93. The molecule has 0 bridgehead atoms. The number of guanidine groups is 1. The SMILES string of the molecule is CN1C(N)=N[C@]2(C)c3cc(CC(=O)c4ccc(F)cn4)ccc3OCC[C@@H]2S1(=O)=O. The monoisotopic (exact) mass is 432 g/mol. The van der Waals surface area contributed by atoms with Gasteiger partial charge in [0, 0.05) is 25.5 Å². The zero-order chi connectivity index (χ0) is 21.7. The highest BCUT2D eigenvalue weighted by Gasteiger charge is 2.52. The number of ether oxygens (including phenoxy) is 1. The number of carbonyl (C=O) groups excluding carboxylic acids is 1. The van der Waals surface area contributed by atoms with Crippen molar-refractivity contribution in [3.63, 3.8) is 0 Å². The third kappa shape index (κ3) is 3.20. The first-order valence-corrected chi connectivity index (χ1v) is 10.9. The van der Waals surface area contributed by atoms with Crippen molar-refractivity contribution in [2.24, 2.45) is 10.7 Å². The molecule has 2 aromatic rings. The fraction of sp³-hybridized carbons (Fsp3) is 0.350. The minimum Gasteiger partial charge on any atom is -0.493 e. The van der Waals surface area contributed by atoms with Crippen LogP contribution in [-0.4, -0.2) is 48.4 Å². The zero-order valence-electron chi connectivity index (χ0n) is 16.5. The van der Waals surface area contributed by atoms with Crippen molar-refractivity contribution >= 4 is 21.8 Å².